The van der Waals surface area contributed by atoms with Crippen molar-refractivity contribution in [3.8, 4) is 5.75 Å². The van der Waals surface area contributed by atoms with Crippen molar-refractivity contribution in [2.45, 2.75) is 37.4 Å². The van der Waals surface area contributed by atoms with E-state index in [1.165, 1.54) is 12.1 Å². The number of primary amides is 1. The Bertz CT molecular complexity index is 1380. The van der Waals surface area contributed by atoms with Crippen LogP contribution in [0, 0.1) is 0 Å². The number of carbonyl (C=O) groups excluding carboxylic acids is 2. The summed E-state index contributed by atoms with van der Waals surface area (Å²) in [4.78, 5) is 31.4. The normalized spacial score (nSPS) is 21.3. The molecule has 2 aromatic carbocycles. The Balaban J connectivity index is 1.42. The lowest BCUT2D eigenvalue weighted by atomic mass is 10.2. The molecule has 3 unspecified atom stereocenters. The number of amides is 1. The summed E-state index contributed by atoms with van der Waals surface area (Å²) in [5, 5.41) is 6.30. The summed E-state index contributed by atoms with van der Waals surface area (Å²) in [5.41, 5.74) is 7.08. The average Bonchev–Trinajstić information content (AvgIpc) is 3.57. The fourth-order valence-electron chi connectivity index (χ4n) is 4.29. The highest BCUT2D eigenvalue weighted by atomic mass is 32.1. The van der Waals surface area contributed by atoms with E-state index >= 15 is 0 Å². The minimum atomic E-state index is -4.84. The highest BCUT2D eigenvalue weighted by Gasteiger charge is 2.48. The van der Waals surface area contributed by atoms with Crippen LogP contribution < -0.4 is 26.0 Å². The number of para-hydroxylation sites is 2. The molecule has 5 rings (SSSR count). The van der Waals surface area contributed by atoms with Gasteiger partial charge in [-0.25, -0.2) is 9.78 Å². The van der Waals surface area contributed by atoms with Gasteiger partial charge < -0.3 is 30.0 Å². The van der Waals surface area contributed by atoms with Gasteiger partial charge >= 0.3 is 18.3 Å². The molecule has 1 aromatic heterocycles. The number of hydrogen-bond donors (Lipinski definition) is 3. The van der Waals surface area contributed by atoms with Gasteiger partial charge in [-0.15, -0.1) is 13.2 Å². The number of aromatic nitrogens is 1. The van der Waals surface area contributed by atoms with Gasteiger partial charge in [-0.05, 0) is 37.1 Å². The number of ether oxygens (including phenoxy) is 4. The van der Waals surface area contributed by atoms with Gasteiger partial charge in [0.2, 0.25) is 6.10 Å². The third kappa shape index (κ3) is 5.79. The number of fused-ring (bicyclic) bond motifs is 2. The summed E-state index contributed by atoms with van der Waals surface area (Å²) in [7, 11) is 1.63. The third-order valence-corrected chi connectivity index (χ3v) is 7.04. The summed E-state index contributed by atoms with van der Waals surface area (Å²) in [5.74, 6) is -4.30. The van der Waals surface area contributed by atoms with Crippen LogP contribution in [0.4, 0.5) is 29.7 Å². The Morgan fingerprint density at radius 3 is 2.82 bits per heavy atom. The minimum absolute atomic E-state index is 0.0210. The van der Waals surface area contributed by atoms with Crippen molar-refractivity contribution in [1.82, 2.24) is 4.98 Å². The standard InChI is InChI=1S/C24H24F3N5O6S/c1-32-17-7-3-2-6-15(17)30-24(32,38-21(34)19(20(28)33)36-12-14-5-4-10-35-14)31-22-29-16-9-8-13(11-18(16)39-22)37-23(25,26)27/h2-3,6-9,11,14,19,30H,4-5,10,12H2,1H3,(H2,28,33)(H,29,31). The smallest absolute Gasteiger partial charge is 0.406 e. The quantitative estimate of drug-likeness (QED) is 0.201. The predicted molar refractivity (Wildman–Crippen MR) is 135 cm³/mol. The molecule has 0 aliphatic carbocycles. The van der Waals surface area contributed by atoms with Gasteiger partial charge in [0.05, 0.1) is 34.3 Å². The maximum absolute atomic E-state index is 13.3. The first-order valence-corrected chi connectivity index (χ1v) is 12.7. The van der Waals surface area contributed by atoms with Crippen LogP contribution in [0.25, 0.3) is 10.2 Å². The molecule has 39 heavy (non-hydrogen) atoms. The summed E-state index contributed by atoms with van der Waals surface area (Å²) in [6, 6.07) is 10.8. The van der Waals surface area contributed by atoms with Crippen molar-refractivity contribution in [2.24, 2.45) is 5.73 Å². The maximum Gasteiger partial charge on any atom is 0.573 e. The van der Waals surface area contributed by atoms with Gasteiger partial charge in [0.15, 0.2) is 5.13 Å². The van der Waals surface area contributed by atoms with Crippen LogP contribution in [0.5, 0.6) is 5.75 Å². The molecule has 3 atom stereocenters. The number of halogens is 3. The molecular formula is C24H24F3N5O6S. The molecule has 3 heterocycles. The van der Waals surface area contributed by atoms with Crippen LogP contribution in [-0.2, 0) is 23.8 Å². The highest BCUT2D eigenvalue weighted by molar-refractivity contribution is 7.22. The number of nitrogens with two attached hydrogens (primary N) is 1. The molecule has 1 saturated heterocycles. The molecular weight excluding hydrogens is 543 g/mol. The van der Waals surface area contributed by atoms with Crippen LogP contribution in [0.2, 0.25) is 0 Å². The second-order valence-corrected chi connectivity index (χ2v) is 9.87. The maximum atomic E-state index is 13.3. The van der Waals surface area contributed by atoms with Crippen LogP contribution in [0.15, 0.2) is 42.5 Å². The van der Waals surface area contributed by atoms with Gasteiger partial charge in [-0.1, -0.05) is 23.5 Å². The van der Waals surface area contributed by atoms with Crippen molar-refractivity contribution in [2.75, 3.05) is 35.8 Å². The van der Waals surface area contributed by atoms with E-state index in [2.05, 4.69) is 20.4 Å². The number of nitrogens with one attached hydrogen (secondary N) is 2. The van der Waals surface area contributed by atoms with Crippen LogP contribution >= 0.6 is 11.3 Å². The summed E-state index contributed by atoms with van der Waals surface area (Å²) in [6.45, 7) is 0.540. The Morgan fingerprint density at radius 1 is 1.33 bits per heavy atom. The average molecular weight is 568 g/mol. The summed E-state index contributed by atoms with van der Waals surface area (Å²) >= 11 is 1.01. The van der Waals surface area contributed by atoms with Gasteiger partial charge in [-0.3, -0.25) is 15.0 Å². The van der Waals surface area contributed by atoms with E-state index in [1.54, 1.807) is 36.2 Å². The first kappa shape index (κ1) is 26.8. The molecule has 0 spiro atoms. The Kier molecular flexibility index (Phi) is 7.13. The van der Waals surface area contributed by atoms with E-state index in [0.717, 1.165) is 30.2 Å². The number of anilines is 3. The van der Waals surface area contributed by atoms with Gasteiger partial charge in [0.25, 0.3) is 5.91 Å². The van der Waals surface area contributed by atoms with Gasteiger partial charge in [0.1, 0.15) is 5.75 Å². The third-order valence-electron chi connectivity index (χ3n) is 6.11. The summed E-state index contributed by atoms with van der Waals surface area (Å²) in [6.07, 6.45) is -5.27. The van der Waals surface area contributed by atoms with E-state index < -0.39 is 36.1 Å². The topological polar surface area (TPSA) is 137 Å². The number of thiazole rings is 1. The lowest BCUT2D eigenvalue weighted by Crippen LogP contribution is -2.60. The number of carbonyl (C=O) groups is 2. The lowest BCUT2D eigenvalue weighted by molar-refractivity contribution is -0.274. The van der Waals surface area contributed by atoms with E-state index in [4.69, 9.17) is 19.9 Å². The van der Waals surface area contributed by atoms with E-state index in [1.807, 2.05) is 0 Å². The monoisotopic (exact) mass is 567 g/mol. The van der Waals surface area contributed by atoms with Crippen LogP contribution in [-0.4, -0.2) is 61.7 Å². The first-order chi connectivity index (χ1) is 18.5. The van der Waals surface area contributed by atoms with Crippen LogP contribution in [0.1, 0.15) is 12.8 Å². The molecule has 0 bridgehead atoms. The second-order valence-electron chi connectivity index (χ2n) is 8.84. The number of nitrogens with zero attached hydrogens (tertiary/aromatic N) is 2. The fourth-order valence-corrected chi connectivity index (χ4v) is 5.22. The molecule has 15 heteroatoms. The van der Waals surface area contributed by atoms with Crippen molar-refractivity contribution in [3.63, 3.8) is 0 Å². The predicted octanol–water partition coefficient (Wildman–Crippen LogP) is 3.37. The first-order valence-electron chi connectivity index (χ1n) is 11.8. The van der Waals surface area contributed by atoms with Gasteiger partial charge in [0, 0.05) is 19.7 Å². The fraction of sp³-hybridized carbons (Fsp3) is 0.375. The molecule has 0 radical (unpaired) electrons. The molecule has 1 fully saturated rings. The molecule has 2 aliphatic heterocycles. The van der Waals surface area contributed by atoms with Crippen molar-refractivity contribution in [3.05, 3.63) is 42.5 Å². The molecule has 2 aliphatic rings. The Hall–Kier alpha value is -3.82. The number of rotatable bonds is 9. The number of benzene rings is 2. The Labute approximate surface area is 224 Å². The number of hydrogen-bond acceptors (Lipinski definition) is 11. The minimum Gasteiger partial charge on any atom is -0.406 e. The van der Waals surface area contributed by atoms with Crippen molar-refractivity contribution >= 4 is 49.9 Å². The molecule has 0 saturated carbocycles. The Morgan fingerprint density at radius 2 is 2.13 bits per heavy atom. The van der Waals surface area contributed by atoms with Crippen molar-refractivity contribution in [1.29, 1.82) is 0 Å². The zero-order valence-corrected chi connectivity index (χ0v) is 21.3. The zero-order valence-electron chi connectivity index (χ0n) is 20.5. The molecule has 208 valence electrons. The van der Waals surface area contributed by atoms with E-state index in [9.17, 15) is 22.8 Å². The van der Waals surface area contributed by atoms with Crippen molar-refractivity contribution < 1.29 is 41.7 Å². The SMILES string of the molecule is CN1c2ccccc2NC1(Nc1nc2ccc(OC(F)(F)F)cc2s1)OC(=O)C(OCC1CCCO1)C(N)=O. The summed E-state index contributed by atoms with van der Waals surface area (Å²) < 4.78 is 59.2. The van der Waals surface area contributed by atoms with E-state index in [-0.39, 0.29) is 17.8 Å². The number of alkyl halides is 3. The lowest BCUT2D eigenvalue weighted by Gasteiger charge is -2.37. The molecule has 11 nitrogen and oxygen atoms in total. The number of esters is 1. The van der Waals surface area contributed by atoms with Gasteiger partial charge in [-0.2, -0.15) is 0 Å². The highest BCUT2D eigenvalue weighted by Crippen LogP contribution is 2.41. The molecule has 4 N–H and O–H groups in total. The zero-order chi connectivity index (χ0) is 27.8. The molecule has 3 aromatic rings. The van der Waals surface area contributed by atoms with E-state index in [0.29, 0.717) is 28.2 Å². The largest absolute Gasteiger partial charge is 0.573 e. The molecule has 1 amide bonds. The second kappa shape index (κ2) is 10.4. The van der Waals surface area contributed by atoms with Crippen LogP contribution in [0.3, 0.4) is 0 Å².